The molecule has 3 N–H and O–H groups in total. The zero-order valence-electron chi connectivity index (χ0n) is 13.3. The summed E-state index contributed by atoms with van der Waals surface area (Å²) in [6.07, 6.45) is 2.80. The number of hydrogen-bond donors (Lipinski definition) is 2. The lowest BCUT2D eigenvalue weighted by Gasteiger charge is -2.15. The van der Waals surface area contributed by atoms with Crippen molar-refractivity contribution in [3.63, 3.8) is 0 Å². The van der Waals surface area contributed by atoms with E-state index in [-0.39, 0.29) is 30.7 Å². The molecular formula is C16H27Cl2N3O. The first kappa shape index (κ1) is 21.2. The minimum absolute atomic E-state index is 0. The van der Waals surface area contributed by atoms with Gasteiger partial charge in [-0.2, -0.15) is 0 Å². The Kier molecular flexibility index (Phi) is 9.69. The number of nitrogens with two attached hydrogens (primary N) is 1. The molecular weight excluding hydrogens is 321 g/mol. The highest BCUT2D eigenvalue weighted by molar-refractivity contribution is 5.95. The Morgan fingerprint density at radius 1 is 1.27 bits per heavy atom. The molecule has 0 aliphatic carbocycles. The number of benzene rings is 1. The SMILES string of the molecule is CCCC(N)C(=O)Nc1cccc2c1CN(CCC)C2.Cl.Cl. The summed E-state index contributed by atoms with van der Waals surface area (Å²) in [6, 6.07) is 5.72. The van der Waals surface area contributed by atoms with E-state index >= 15 is 0 Å². The van der Waals surface area contributed by atoms with Crippen LogP contribution >= 0.6 is 24.8 Å². The van der Waals surface area contributed by atoms with Gasteiger partial charge in [0.05, 0.1) is 6.04 Å². The van der Waals surface area contributed by atoms with Crippen LogP contribution in [0.15, 0.2) is 18.2 Å². The summed E-state index contributed by atoms with van der Waals surface area (Å²) < 4.78 is 0. The first-order chi connectivity index (χ1) is 9.65. The predicted molar refractivity (Wildman–Crippen MR) is 96.9 cm³/mol. The smallest absolute Gasteiger partial charge is 0.241 e. The Labute approximate surface area is 145 Å². The maximum atomic E-state index is 12.1. The van der Waals surface area contributed by atoms with E-state index < -0.39 is 6.04 Å². The quantitative estimate of drug-likeness (QED) is 0.829. The van der Waals surface area contributed by atoms with Crippen LogP contribution in [0.2, 0.25) is 0 Å². The summed E-state index contributed by atoms with van der Waals surface area (Å²) >= 11 is 0. The lowest BCUT2D eigenvalue weighted by Crippen LogP contribution is -2.35. The van der Waals surface area contributed by atoms with Gasteiger partial charge in [0.2, 0.25) is 5.91 Å². The van der Waals surface area contributed by atoms with Crippen molar-refractivity contribution in [1.29, 1.82) is 0 Å². The van der Waals surface area contributed by atoms with Gasteiger partial charge >= 0.3 is 0 Å². The standard InChI is InChI=1S/C16H25N3O.2ClH/c1-3-6-14(17)16(20)18-15-8-5-7-12-10-19(9-4-2)11-13(12)15;;/h5,7-8,14H,3-4,6,9-11,17H2,1-2H3,(H,18,20);2*1H. The van der Waals surface area contributed by atoms with Crippen molar-refractivity contribution in [2.45, 2.75) is 52.2 Å². The molecule has 0 bridgehead atoms. The minimum Gasteiger partial charge on any atom is -0.324 e. The average Bonchev–Trinajstić information content (AvgIpc) is 2.83. The third-order valence-corrected chi connectivity index (χ3v) is 3.78. The van der Waals surface area contributed by atoms with Crippen molar-refractivity contribution in [2.24, 2.45) is 5.73 Å². The highest BCUT2D eigenvalue weighted by atomic mass is 35.5. The number of nitrogens with one attached hydrogen (secondary N) is 1. The predicted octanol–water partition coefficient (Wildman–Crippen LogP) is 3.32. The van der Waals surface area contributed by atoms with Gasteiger partial charge in [0.25, 0.3) is 0 Å². The summed E-state index contributed by atoms with van der Waals surface area (Å²) in [5.41, 5.74) is 9.37. The number of halogens is 2. The van der Waals surface area contributed by atoms with Gasteiger partial charge in [0, 0.05) is 18.8 Å². The van der Waals surface area contributed by atoms with Gasteiger partial charge in [-0.1, -0.05) is 32.4 Å². The van der Waals surface area contributed by atoms with E-state index in [4.69, 9.17) is 5.73 Å². The molecule has 1 atom stereocenters. The number of rotatable bonds is 6. The first-order valence-corrected chi connectivity index (χ1v) is 7.55. The molecule has 0 aromatic heterocycles. The Morgan fingerprint density at radius 2 is 2.00 bits per heavy atom. The highest BCUT2D eigenvalue weighted by Gasteiger charge is 2.22. The molecule has 22 heavy (non-hydrogen) atoms. The maximum absolute atomic E-state index is 12.1. The Balaban J connectivity index is 0.00000220. The molecule has 0 spiro atoms. The molecule has 1 amide bonds. The van der Waals surface area contributed by atoms with Gasteiger partial charge in [0.1, 0.15) is 0 Å². The molecule has 126 valence electrons. The lowest BCUT2D eigenvalue weighted by atomic mass is 10.1. The summed E-state index contributed by atoms with van der Waals surface area (Å²) in [4.78, 5) is 14.5. The van der Waals surface area contributed by atoms with Gasteiger partial charge in [-0.15, -0.1) is 24.8 Å². The van der Waals surface area contributed by atoms with Crippen LogP contribution in [0.3, 0.4) is 0 Å². The Bertz CT molecular complexity index is 482. The van der Waals surface area contributed by atoms with Crippen molar-refractivity contribution in [2.75, 3.05) is 11.9 Å². The molecule has 0 radical (unpaired) electrons. The van der Waals surface area contributed by atoms with E-state index in [9.17, 15) is 4.79 Å². The fourth-order valence-corrected chi connectivity index (χ4v) is 2.75. The van der Waals surface area contributed by atoms with Crippen LogP contribution in [0.4, 0.5) is 5.69 Å². The fraction of sp³-hybridized carbons (Fsp3) is 0.562. The number of fused-ring (bicyclic) bond motifs is 1. The molecule has 0 saturated heterocycles. The van der Waals surface area contributed by atoms with Crippen molar-refractivity contribution in [3.8, 4) is 0 Å². The molecule has 1 aromatic rings. The molecule has 1 heterocycles. The second kappa shape index (κ2) is 10.1. The van der Waals surface area contributed by atoms with E-state index in [0.29, 0.717) is 0 Å². The third-order valence-electron chi connectivity index (χ3n) is 3.78. The van der Waals surface area contributed by atoms with Gasteiger partial charge in [-0.05, 0) is 36.6 Å². The van der Waals surface area contributed by atoms with Gasteiger partial charge < -0.3 is 11.1 Å². The number of nitrogens with zero attached hydrogens (tertiary/aromatic N) is 1. The topological polar surface area (TPSA) is 58.4 Å². The van der Waals surface area contributed by atoms with Crippen LogP contribution in [0.25, 0.3) is 0 Å². The average molecular weight is 348 g/mol. The summed E-state index contributed by atoms with van der Waals surface area (Å²) in [6.45, 7) is 7.22. The van der Waals surface area contributed by atoms with Crippen LogP contribution in [0.5, 0.6) is 0 Å². The van der Waals surface area contributed by atoms with Crippen LogP contribution < -0.4 is 11.1 Å². The third kappa shape index (κ3) is 5.13. The second-order valence-electron chi connectivity index (χ2n) is 5.54. The number of amides is 1. The summed E-state index contributed by atoms with van der Waals surface area (Å²) in [5, 5.41) is 3.00. The normalized spacial score (nSPS) is 14.5. The Morgan fingerprint density at radius 3 is 2.64 bits per heavy atom. The van der Waals surface area contributed by atoms with E-state index in [0.717, 1.165) is 44.6 Å². The van der Waals surface area contributed by atoms with Gasteiger partial charge in [0.15, 0.2) is 0 Å². The highest BCUT2D eigenvalue weighted by Crippen LogP contribution is 2.29. The molecule has 1 aliphatic rings. The molecule has 6 heteroatoms. The van der Waals surface area contributed by atoms with Gasteiger partial charge in [-0.3, -0.25) is 9.69 Å². The van der Waals surface area contributed by atoms with Crippen LogP contribution in [0.1, 0.15) is 44.2 Å². The van der Waals surface area contributed by atoms with E-state index in [2.05, 4.69) is 23.2 Å². The maximum Gasteiger partial charge on any atom is 0.241 e. The molecule has 2 rings (SSSR count). The lowest BCUT2D eigenvalue weighted by molar-refractivity contribution is -0.117. The summed E-state index contributed by atoms with van der Waals surface area (Å²) in [5.74, 6) is -0.0748. The van der Waals surface area contributed by atoms with Gasteiger partial charge in [-0.25, -0.2) is 0 Å². The molecule has 0 fully saturated rings. The van der Waals surface area contributed by atoms with E-state index in [1.165, 1.54) is 11.1 Å². The first-order valence-electron chi connectivity index (χ1n) is 7.55. The minimum atomic E-state index is -0.413. The van der Waals surface area contributed by atoms with Crippen LogP contribution in [-0.4, -0.2) is 23.4 Å². The van der Waals surface area contributed by atoms with Crippen molar-refractivity contribution >= 4 is 36.4 Å². The zero-order chi connectivity index (χ0) is 14.5. The number of carbonyl (C=O) groups is 1. The number of carbonyl (C=O) groups excluding carboxylic acids is 1. The molecule has 4 nitrogen and oxygen atoms in total. The largest absolute Gasteiger partial charge is 0.324 e. The monoisotopic (exact) mass is 347 g/mol. The molecule has 1 unspecified atom stereocenters. The van der Waals surface area contributed by atoms with E-state index in [1.807, 2.05) is 19.1 Å². The molecule has 1 aromatic carbocycles. The fourth-order valence-electron chi connectivity index (χ4n) is 2.75. The summed E-state index contributed by atoms with van der Waals surface area (Å²) in [7, 11) is 0. The number of anilines is 1. The van der Waals surface area contributed by atoms with E-state index in [1.54, 1.807) is 0 Å². The molecule has 1 aliphatic heterocycles. The van der Waals surface area contributed by atoms with Crippen molar-refractivity contribution in [1.82, 2.24) is 4.90 Å². The van der Waals surface area contributed by atoms with Crippen LogP contribution in [-0.2, 0) is 17.9 Å². The number of hydrogen-bond acceptors (Lipinski definition) is 3. The van der Waals surface area contributed by atoms with Crippen LogP contribution in [0, 0.1) is 0 Å². The second-order valence-corrected chi connectivity index (χ2v) is 5.54. The van der Waals surface area contributed by atoms with Crippen molar-refractivity contribution in [3.05, 3.63) is 29.3 Å². The Hall–Kier alpha value is -0.810. The van der Waals surface area contributed by atoms with Crippen molar-refractivity contribution < 1.29 is 4.79 Å². The molecule has 0 saturated carbocycles. The zero-order valence-corrected chi connectivity index (χ0v) is 14.9.